The first-order valence-corrected chi connectivity index (χ1v) is 6.44. The van der Waals surface area contributed by atoms with Gasteiger partial charge in [-0.05, 0) is 36.5 Å². The average Bonchev–Trinajstić information content (AvgIpc) is 2.70. The Bertz CT molecular complexity index is 323. The van der Waals surface area contributed by atoms with E-state index in [1.807, 2.05) is 0 Å². The van der Waals surface area contributed by atoms with Gasteiger partial charge in [-0.15, -0.1) is 0 Å². The van der Waals surface area contributed by atoms with Crippen molar-refractivity contribution < 1.29 is 15.0 Å². The highest BCUT2D eigenvalue weighted by atomic mass is 16.4. The van der Waals surface area contributed by atoms with Crippen molar-refractivity contribution in [3.63, 3.8) is 0 Å². The fourth-order valence-corrected chi connectivity index (χ4v) is 4.13. The van der Waals surface area contributed by atoms with Crippen molar-refractivity contribution in [2.45, 2.75) is 58.6 Å². The maximum absolute atomic E-state index is 11.3. The van der Waals surface area contributed by atoms with Crippen molar-refractivity contribution in [3.8, 4) is 0 Å². The van der Waals surface area contributed by atoms with Crippen molar-refractivity contribution >= 4 is 6.09 Å². The molecule has 1 saturated heterocycles. The molecule has 3 atom stereocenters. The number of rotatable bonds is 0. The van der Waals surface area contributed by atoms with Crippen LogP contribution in [0.25, 0.3) is 0 Å². The van der Waals surface area contributed by atoms with Crippen molar-refractivity contribution in [3.05, 3.63) is 0 Å². The fraction of sp³-hybridized carbons (Fsp3) is 0.923. The smallest absolute Gasteiger partial charge is 0.407 e. The molecule has 2 fully saturated rings. The van der Waals surface area contributed by atoms with Crippen LogP contribution in [0.4, 0.5) is 4.79 Å². The summed E-state index contributed by atoms with van der Waals surface area (Å²) < 4.78 is 0. The molecule has 1 aliphatic heterocycles. The van der Waals surface area contributed by atoms with E-state index in [2.05, 4.69) is 20.8 Å². The minimum Gasteiger partial charge on any atom is -0.465 e. The van der Waals surface area contributed by atoms with E-state index < -0.39 is 6.09 Å². The van der Waals surface area contributed by atoms with Crippen molar-refractivity contribution in [1.82, 2.24) is 4.90 Å². The van der Waals surface area contributed by atoms with Crippen molar-refractivity contribution in [2.24, 2.45) is 10.8 Å². The molecular weight excluding hydrogens is 218 g/mol. The lowest BCUT2D eigenvalue weighted by molar-refractivity contribution is 0.0469. The summed E-state index contributed by atoms with van der Waals surface area (Å²) in [5, 5.41) is 19.1. The fourth-order valence-electron chi connectivity index (χ4n) is 4.13. The van der Waals surface area contributed by atoms with Crippen LogP contribution < -0.4 is 0 Å². The van der Waals surface area contributed by atoms with Gasteiger partial charge in [-0.25, -0.2) is 4.79 Å². The largest absolute Gasteiger partial charge is 0.465 e. The molecule has 0 radical (unpaired) electrons. The van der Waals surface area contributed by atoms with Gasteiger partial charge in [0.15, 0.2) is 0 Å². The molecule has 4 nitrogen and oxygen atoms in total. The van der Waals surface area contributed by atoms with Crippen molar-refractivity contribution in [1.29, 1.82) is 0 Å². The molecule has 1 aliphatic carbocycles. The van der Waals surface area contributed by atoms with Gasteiger partial charge in [0.25, 0.3) is 0 Å². The molecule has 3 unspecified atom stereocenters. The number of hydrogen-bond donors (Lipinski definition) is 2. The minimum absolute atomic E-state index is 0.00998. The summed E-state index contributed by atoms with van der Waals surface area (Å²) in [6.45, 7) is 6.92. The second kappa shape index (κ2) is 3.87. The molecule has 4 heteroatoms. The Hall–Kier alpha value is -0.770. The van der Waals surface area contributed by atoms with Gasteiger partial charge in [0, 0.05) is 12.6 Å². The number of aliphatic hydroxyl groups excluding tert-OH is 1. The number of carboxylic acid groups (broad SMARTS) is 1. The Balaban J connectivity index is 2.32. The summed E-state index contributed by atoms with van der Waals surface area (Å²) in [6.07, 6.45) is 2.38. The average molecular weight is 241 g/mol. The minimum atomic E-state index is -0.816. The summed E-state index contributed by atoms with van der Waals surface area (Å²) in [4.78, 5) is 12.9. The third-order valence-electron chi connectivity index (χ3n) is 4.43. The normalized spacial score (nSPS) is 38.0. The van der Waals surface area contributed by atoms with Crippen molar-refractivity contribution in [2.75, 3.05) is 6.54 Å². The molecule has 0 aromatic heterocycles. The number of aliphatic hydroxyl groups is 1. The van der Waals surface area contributed by atoms with Gasteiger partial charge >= 0.3 is 6.09 Å². The van der Waals surface area contributed by atoms with Crippen LogP contribution in [0.1, 0.15) is 46.5 Å². The second-order valence-electron chi connectivity index (χ2n) is 6.75. The van der Waals surface area contributed by atoms with Crippen LogP contribution in [0.2, 0.25) is 0 Å². The molecule has 2 aliphatic rings. The number of nitrogens with zero attached hydrogens (tertiary/aromatic N) is 1. The maximum Gasteiger partial charge on any atom is 0.407 e. The van der Waals surface area contributed by atoms with E-state index >= 15 is 0 Å². The highest BCUT2D eigenvalue weighted by molar-refractivity contribution is 5.66. The van der Waals surface area contributed by atoms with Crippen LogP contribution in [0.5, 0.6) is 0 Å². The summed E-state index contributed by atoms with van der Waals surface area (Å²) in [6, 6.07) is 0.0321. The molecule has 1 amide bonds. The van der Waals surface area contributed by atoms with E-state index in [4.69, 9.17) is 0 Å². The standard InChI is InChI=1S/C13H23NO3/c1-12(2,3)10-13(5-4-9(15)8-13)6-7-14(10)11(16)17/h9-10,15H,4-8H2,1-3H3,(H,16,17). The molecule has 98 valence electrons. The Kier molecular flexibility index (Phi) is 2.89. The molecule has 0 aromatic carbocycles. The van der Waals surface area contributed by atoms with Gasteiger partial charge in [-0.3, -0.25) is 0 Å². The lowest BCUT2D eigenvalue weighted by Crippen LogP contribution is -2.49. The molecule has 17 heavy (non-hydrogen) atoms. The van der Waals surface area contributed by atoms with Gasteiger partial charge in [0.1, 0.15) is 0 Å². The number of hydrogen-bond acceptors (Lipinski definition) is 2. The highest BCUT2D eigenvalue weighted by Crippen LogP contribution is 2.54. The Morgan fingerprint density at radius 2 is 2.00 bits per heavy atom. The van der Waals surface area contributed by atoms with E-state index in [-0.39, 0.29) is 23.0 Å². The first-order valence-electron chi connectivity index (χ1n) is 6.44. The van der Waals surface area contributed by atoms with Gasteiger partial charge in [-0.2, -0.15) is 0 Å². The Labute approximate surface area is 103 Å². The first kappa shape index (κ1) is 12.7. The zero-order valence-electron chi connectivity index (χ0n) is 10.9. The molecular formula is C13H23NO3. The molecule has 1 spiro atoms. The summed E-state index contributed by atoms with van der Waals surface area (Å²) >= 11 is 0. The summed E-state index contributed by atoms with van der Waals surface area (Å²) in [7, 11) is 0. The number of carbonyl (C=O) groups is 1. The molecule has 2 rings (SSSR count). The van der Waals surface area contributed by atoms with Crippen LogP contribution in [-0.4, -0.2) is 39.9 Å². The summed E-state index contributed by atoms with van der Waals surface area (Å²) in [5.41, 5.74) is -0.0605. The monoisotopic (exact) mass is 241 g/mol. The van der Waals surface area contributed by atoms with Gasteiger partial charge < -0.3 is 15.1 Å². The third kappa shape index (κ3) is 2.03. The topological polar surface area (TPSA) is 60.8 Å². The Morgan fingerprint density at radius 3 is 2.41 bits per heavy atom. The molecule has 1 saturated carbocycles. The predicted molar refractivity (Wildman–Crippen MR) is 64.9 cm³/mol. The molecule has 0 aromatic rings. The molecule has 1 heterocycles. The first-order chi connectivity index (χ1) is 7.76. The van der Waals surface area contributed by atoms with E-state index in [0.717, 1.165) is 25.7 Å². The predicted octanol–water partition coefficient (Wildman–Crippen LogP) is 2.32. The van der Waals surface area contributed by atoms with E-state index in [1.165, 1.54) is 0 Å². The lowest BCUT2D eigenvalue weighted by Gasteiger charge is -2.43. The SMILES string of the molecule is CC(C)(C)C1N(C(=O)O)CCC12CCC(O)C2. The quantitative estimate of drug-likeness (QED) is 0.684. The van der Waals surface area contributed by atoms with Gasteiger partial charge in [0.2, 0.25) is 0 Å². The van der Waals surface area contributed by atoms with E-state index in [0.29, 0.717) is 6.54 Å². The summed E-state index contributed by atoms with van der Waals surface area (Å²) in [5.74, 6) is 0. The zero-order valence-corrected chi connectivity index (χ0v) is 10.9. The number of amides is 1. The third-order valence-corrected chi connectivity index (χ3v) is 4.43. The second-order valence-corrected chi connectivity index (χ2v) is 6.75. The van der Waals surface area contributed by atoms with Gasteiger partial charge in [0.05, 0.1) is 6.10 Å². The van der Waals surface area contributed by atoms with Crippen LogP contribution in [0.3, 0.4) is 0 Å². The van der Waals surface area contributed by atoms with E-state index in [9.17, 15) is 15.0 Å². The highest BCUT2D eigenvalue weighted by Gasteiger charge is 2.56. The maximum atomic E-state index is 11.3. The van der Waals surface area contributed by atoms with E-state index in [1.54, 1.807) is 4.90 Å². The molecule has 2 N–H and O–H groups in total. The van der Waals surface area contributed by atoms with Crippen LogP contribution in [0, 0.1) is 10.8 Å². The van der Waals surface area contributed by atoms with Gasteiger partial charge in [-0.1, -0.05) is 20.8 Å². The Morgan fingerprint density at radius 1 is 1.35 bits per heavy atom. The molecule has 0 bridgehead atoms. The van der Waals surface area contributed by atoms with Crippen LogP contribution >= 0.6 is 0 Å². The number of likely N-dealkylation sites (tertiary alicyclic amines) is 1. The lowest BCUT2D eigenvalue weighted by atomic mass is 9.68. The van der Waals surface area contributed by atoms with Crippen LogP contribution in [0.15, 0.2) is 0 Å². The van der Waals surface area contributed by atoms with Crippen LogP contribution in [-0.2, 0) is 0 Å². The zero-order chi connectivity index (χ0) is 12.8.